The summed E-state index contributed by atoms with van der Waals surface area (Å²) in [5, 5.41) is 3.55. The normalized spacial score (nSPS) is 11.8. The van der Waals surface area contributed by atoms with E-state index >= 15 is 0 Å². The first kappa shape index (κ1) is 15.7. The summed E-state index contributed by atoms with van der Waals surface area (Å²) in [4.78, 5) is 0. The van der Waals surface area contributed by atoms with Crippen molar-refractivity contribution in [1.29, 1.82) is 0 Å². The van der Waals surface area contributed by atoms with Crippen LogP contribution in [0.3, 0.4) is 0 Å². The van der Waals surface area contributed by atoms with E-state index in [1.807, 2.05) is 36.4 Å². The van der Waals surface area contributed by atoms with Crippen LogP contribution in [0.15, 0.2) is 46.9 Å². The van der Waals surface area contributed by atoms with Crippen molar-refractivity contribution in [3.63, 3.8) is 0 Å². The van der Waals surface area contributed by atoms with Gasteiger partial charge in [-0.1, -0.05) is 41.1 Å². The molecule has 0 heterocycles. The number of rotatable bonds is 6. The molecule has 0 radical (unpaired) electrons. The van der Waals surface area contributed by atoms with Gasteiger partial charge in [-0.05, 0) is 24.6 Å². The highest BCUT2D eigenvalue weighted by Crippen LogP contribution is 2.32. The molecular weight excluding hydrogens is 330 g/mol. The van der Waals surface area contributed by atoms with Gasteiger partial charge < -0.3 is 14.8 Å². The van der Waals surface area contributed by atoms with Crippen LogP contribution in [0.5, 0.6) is 11.5 Å². The number of anilines is 1. The van der Waals surface area contributed by atoms with Crippen molar-refractivity contribution in [2.45, 2.75) is 19.4 Å². The van der Waals surface area contributed by atoms with Gasteiger partial charge in [0.25, 0.3) is 0 Å². The molecule has 2 aromatic rings. The van der Waals surface area contributed by atoms with Crippen LogP contribution in [0.2, 0.25) is 0 Å². The second kappa shape index (κ2) is 7.36. The van der Waals surface area contributed by atoms with Crippen LogP contribution in [-0.2, 0) is 0 Å². The van der Waals surface area contributed by atoms with Gasteiger partial charge in [0.2, 0.25) is 0 Å². The molecule has 21 heavy (non-hydrogen) atoms. The molecule has 0 aromatic heterocycles. The third-order valence-electron chi connectivity index (χ3n) is 3.37. The second-order valence-corrected chi connectivity index (χ2v) is 5.64. The Kier molecular flexibility index (Phi) is 5.51. The van der Waals surface area contributed by atoms with Crippen molar-refractivity contribution in [2.75, 3.05) is 19.5 Å². The lowest BCUT2D eigenvalue weighted by Crippen LogP contribution is -2.11. The molecule has 1 N–H and O–H groups in total. The molecule has 0 spiro atoms. The molecule has 4 heteroatoms. The maximum absolute atomic E-state index is 5.46. The number of hydrogen-bond acceptors (Lipinski definition) is 3. The Morgan fingerprint density at radius 2 is 1.86 bits per heavy atom. The van der Waals surface area contributed by atoms with Crippen LogP contribution in [0, 0.1) is 0 Å². The van der Waals surface area contributed by atoms with Gasteiger partial charge in [0, 0.05) is 21.8 Å². The van der Waals surface area contributed by atoms with E-state index in [-0.39, 0.29) is 6.04 Å². The minimum Gasteiger partial charge on any atom is -0.497 e. The van der Waals surface area contributed by atoms with E-state index in [1.165, 1.54) is 0 Å². The quantitative estimate of drug-likeness (QED) is 0.793. The summed E-state index contributed by atoms with van der Waals surface area (Å²) in [6.45, 7) is 2.15. The predicted molar refractivity (Wildman–Crippen MR) is 90.3 cm³/mol. The van der Waals surface area contributed by atoms with Crippen molar-refractivity contribution in [1.82, 2.24) is 0 Å². The van der Waals surface area contributed by atoms with Crippen LogP contribution >= 0.6 is 15.9 Å². The standard InChI is InChI=1S/C17H20BrNO2/c1-4-16(15-7-5-6-8-17(15)21-3)19-13-9-12(18)10-14(11-13)20-2/h5-11,16,19H,4H2,1-3H3. The van der Waals surface area contributed by atoms with Gasteiger partial charge in [-0.15, -0.1) is 0 Å². The summed E-state index contributed by atoms with van der Waals surface area (Å²) in [6.07, 6.45) is 0.954. The van der Waals surface area contributed by atoms with E-state index in [0.29, 0.717) is 0 Å². The van der Waals surface area contributed by atoms with Crippen LogP contribution in [0.1, 0.15) is 24.9 Å². The van der Waals surface area contributed by atoms with Crippen LogP contribution in [-0.4, -0.2) is 14.2 Å². The van der Waals surface area contributed by atoms with Gasteiger partial charge in [-0.3, -0.25) is 0 Å². The molecule has 0 fully saturated rings. The highest BCUT2D eigenvalue weighted by molar-refractivity contribution is 9.10. The summed E-state index contributed by atoms with van der Waals surface area (Å²) in [5.74, 6) is 1.72. The minimum absolute atomic E-state index is 0.181. The van der Waals surface area contributed by atoms with Crippen LogP contribution < -0.4 is 14.8 Å². The summed E-state index contributed by atoms with van der Waals surface area (Å²) in [5.41, 5.74) is 2.17. The minimum atomic E-state index is 0.181. The molecule has 0 aliphatic carbocycles. The number of hydrogen-bond donors (Lipinski definition) is 1. The third-order valence-corrected chi connectivity index (χ3v) is 3.83. The number of benzene rings is 2. The SMILES string of the molecule is CCC(Nc1cc(Br)cc(OC)c1)c1ccccc1OC. The van der Waals surface area contributed by atoms with Crippen molar-refractivity contribution >= 4 is 21.6 Å². The number of para-hydroxylation sites is 1. The first-order valence-corrected chi connectivity index (χ1v) is 7.71. The lowest BCUT2D eigenvalue weighted by Gasteiger charge is -2.21. The topological polar surface area (TPSA) is 30.5 Å². The average Bonchev–Trinajstić information content (AvgIpc) is 2.52. The maximum atomic E-state index is 5.46. The summed E-state index contributed by atoms with van der Waals surface area (Å²) in [7, 11) is 3.37. The van der Waals surface area contributed by atoms with Crippen molar-refractivity contribution in [3.8, 4) is 11.5 Å². The molecule has 2 rings (SSSR count). The molecule has 112 valence electrons. The van der Waals surface area contributed by atoms with Crippen molar-refractivity contribution in [2.24, 2.45) is 0 Å². The fourth-order valence-corrected chi connectivity index (χ4v) is 2.79. The Morgan fingerprint density at radius 3 is 2.52 bits per heavy atom. The zero-order valence-electron chi connectivity index (χ0n) is 12.5. The van der Waals surface area contributed by atoms with Gasteiger partial charge in [-0.25, -0.2) is 0 Å². The fraction of sp³-hybridized carbons (Fsp3) is 0.294. The van der Waals surface area contributed by atoms with Crippen molar-refractivity contribution in [3.05, 3.63) is 52.5 Å². The van der Waals surface area contributed by atoms with Gasteiger partial charge in [0.1, 0.15) is 11.5 Å². The smallest absolute Gasteiger partial charge is 0.124 e. The first-order valence-electron chi connectivity index (χ1n) is 6.92. The Bertz CT molecular complexity index is 601. The predicted octanol–water partition coefficient (Wildman–Crippen LogP) is 5.03. The third kappa shape index (κ3) is 3.91. The fourth-order valence-electron chi connectivity index (χ4n) is 2.32. The Balaban J connectivity index is 2.29. The largest absolute Gasteiger partial charge is 0.497 e. The lowest BCUT2D eigenvalue weighted by molar-refractivity contribution is 0.406. The Labute approximate surface area is 134 Å². The highest BCUT2D eigenvalue weighted by atomic mass is 79.9. The number of ether oxygens (including phenoxy) is 2. The molecule has 0 aliphatic heterocycles. The molecule has 0 amide bonds. The second-order valence-electron chi connectivity index (χ2n) is 4.73. The van der Waals surface area contributed by atoms with Crippen molar-refractivity contribution < 1.29 is 9.47 Å². The van der Waals surface area contributed by atoms with E-state index in [9.17, 15) is 0 Å². The molecule has 0 saturated carbocycles. The summed E-state index contributed by atoms with van der Waals surface area (Å²) < 4.78 is 11.8. The van der Waals surface area contributed by atoms with Gasteiger partial charge in [0.15, 0.2) is 0 Å². The van der Waals surface area contributed by atoms with E-state index in [2.05, 4.69) is 34.2 Å². The van der Waals surface area contributed by atoms with Crippen LogP contribution in [0.25, 0.3) is 0 Å². The first-order chi connectivity index (χ1) is 10.2. The summed E-state index contributed by atoms with van der Waals surface area (Å²) >= 11 is 3.51. The van der Waals surface area contributed by atoms with Gasteiger partial charge in [-0.2, -0.15) is 0 Å². The maximum Gasteiger partial charge on any atom is 0.124 e. The molecule has 2 aromatic carbocycles. The molecule has 1 unspecified atom stereocenters. The monoisotopic (exact) mass is 349 g/mol. The van der Waals surface area contributed by atoms with E-state index in [0.717, 1.165) is 33.6 Å². The number of halogens is 1. The lowest BCUT2D eigenvalue weighted by atomic mass is 10.0. The average molecular weight is 350 g/mol. The van der Waals surface area contributed by atoms with Crippen LogP contribution in [0.4, 0.5) is 5.69 Å². The number of methoxy groups -OCH3 is 2. The van der Waals surface area contributed by atoms with E-state index < -0.39 is 0 Å². The molecule has 0 saturated heterocycles. The molecule has 0 aliphatic rings. The summed E-state index contributed by atoms with van der Waals surface area (Å²) in [6, 6.07) is 14.2. The molecular formula is C17H20BrNO2. The molecule has 1 atom stereocenters. The molecule has 0 bridgehead atoms. The van der Waals surface area contributed by atoms with E-state index in [4.69, 9.17) is 9.47 Å². The Morgan fingerprint density at radius 1 is 1.10 bits per heavy atom. The van der Waals surface area contributed by atoms with E-state index in [1.54, 1.807) is 14.2 Å². The molecule has 3 nitrogen and oxygen atoms in total. The highest BCUT2D eigenvalue weighted by Gasteiger charge is 2.14. The van der Waals surface area contributed by atoms with Gasteiger partial charge >= 0.3 is 0 Å². The Hall–Kier alpha value is -1.68. The number of nitrogens with one attached hydrogen (secondary N) is 1. The van der Waals surface area contributed by atoms with Gasteiger partial charge in [0.05, 0.1) is 20.3 Å². The zero-order chi connectivity index (χ0) is 15.2. The zero-order valence-corrected chi connectivity index (χ0v) is 14.1.